The monoisotopic (exact) mass is 266 g/mol. The van der Waals surface area contributed by atoms with Crippen LogP contribution in [0.25, 0.3) is 11.1 Å². The zero-order chi connectivity index (χ0) is 14.2. The summed E-state index contributed by atoms with van der Waals surface area (Å²) in [6.45, 7) is 1.42. The smallest absolute Gasteiger partial charge is 0.336 e. The number of halogens is 3. The van der Waals surface area contributed by atoms with Gasteiger partial charge in [-0.1, -0.05) is 0 Å². The third-order valence-corrected chi connectivity index (χ3v) is 2.75. The van der Waals surface area contributed by atoms with Crippen molar-refractivity contribution in [2.45, 2.75) is 6.92 Å². The van der Waals surface area contributed by atoms with Crippen LogP contribution in [0, 0.1) is 24.4 Å². The summed E-state index contributed by atoms with van der Waals surface area (Å²) in [6, 6.07) is 4.70. The Morgan fingerprint density at radius 1 is 1.00 bits per heavy atom. The Morgan fingerprint density at radius 3 is 2.32 bits per heavy atom. The van der Waals surface area contributed by atoms with Gasteiger partial charge >= 0.3 is 5.97 Å². The lowest BCUT2D eigenvalue weighted by Gasteiger charge is -2.10. The Hall–Kier alpha value is -2.30. The van der Waals surface area contributed by atoms with Crippen molar-refractivity contribution in [2.24, 2.45) is 0 Å². The standard InChI is InChI=1S/C14H9F3O2/c1-7-4-9(11(14(18)19)6-13(7)17)10-5-8(15)2-3-12(10)16/h2-6H,1H3,(H,18,19). The summed E-state index contributed by atoms with van der Waals surface area (Å²) in [5.74, 6) is -3.58. The highest BCUT2D eigenvalue weighted by atomic mass is 19.1. The van der Waals surface area contributed by atoms with Crippen molar-refractivity contribution in [3.8, 4) is 11.1 Å². The first kappa shape index (κ1) is 13.1. The number of aryl methyl sites for hydroxylation is 1. The van der Waals surface area contributed by atoms with Crippen LogP contribution in [0.5, 0.6) is 0 Å². The van der Waals surface area contributed by atoms with E-state index in [-0.39, 0.29) is 16.7 Å². The zero-order valence-corrected chi connectivity index (χ0v) is 9.88. The molecule has 0 atom stereocenters. The molecule has 0 saturated carbocycles. The molecule has 2 aromatic rings. The number of benzene rings is 2. The summed E-state index contributed by atoms with van der Waals surface area (Å²) in [6.07, 6.45) is 0. The van der Waals surface area contributed by atoms with Crippen LogP contribution < -0.4 is 0 Å². The molecule has 0 aliphatic heterocycles. The van der Waals surface area contributed by atoms with E-state index in [2.05, 4.69) is 0 Å². The van der Waals surface area contributed by atoms with Gasteiger partial charge in [-0.15, -0.1) is 0 Å². The lowest BCUT2D eigenvalue weighted by Crippen LogP contribution is -2.03. The highest BCUT2D eigenvalue weighted by Gasteiger charge is 2.18. The number of carbonyl (C=O) groups is 1. The third kappa shape index (κ3) is 2.45. The van der Waals surface area contributed by atoms with E-state index in [0.717, 1.165) is 24.3 Å². The van der Waals surface area contributed by atoms with Gasteiger partial charge in [-0.3, -0.25) is 0 Å². The van der Waals surface area contributed by atoms with Crippen LogP contribution in [0.4, 0.5) is 13.2 Å². The molecule has 0 spiro atoms. The highest BCUT2D eigenvalue weighted by Crippen LogP contribution is 2.29. The molecular weight excluding hydrogens is 257 g/mol. The van der Waals surface area contributed by atoms with E-state index in [1.165, 1.54) is 13.0 Å². The summed E-state index contributed by atoms with van der Waals surface area (Å²) in [7, 11) is 0. The summed E-state index contributed by atoms with van der Waals surface area (Å²) < 4.78 is 40.2. The third-order valence-electron chi connectivity index (χ3n) is 2.75. The second-order valence-corrected chi connectivity index (χ2v) is 4.08. The van der Waals surface area contributed by atoms with Crippen molar-refractivity contribution in [3.63, 3.8) is 0 Å². The predicted octanol–water partition coefficient (Wildman–Crippen LogP) is 3.78. The average molecular weight is 266 g/mol. The van der Waals surface area contributed by atoms with Gasteiger partial charge in [0.15, 0.2) is 0 Å². The Bertz CT molecular complexity index is 666. The molecule has 0 aliphatic carbocycles. The topological polar surface area (TPSA) is 37.3 Å². The maximum absolute atomic E-state index is 13.7. The zero-order valence-electron chi connectivity index (χ0n) is 9.88. The summed E-state index contributed by atoms with van der Waals surface area (Å²) in [4.78, 5) is 11.1. The molecule has 5 heteroatoms. The molecular formula is C14H9F3O2. The second kappa shape index (κ2) is 4.76. The minimum Gasteiger partial charge on any atom is -0.478 e. The van der Waals surface area contributed by atoms with Gasteiger partial charge in [-0.25, -0.2) is 18.0 Å². The fraction of sp³-hybridized carbons (Fsp3) is 0.0714. The number of carboxylic acids is 1. The molecule has 0 unspecified atom stereocenters. The minimum absolute atomic E-state index is 0.0524. The average Bonchev–Trinajstić information content (AvgIpc) is 2.35. The van der Waals surface area contributed by atoms with Crippen LogP contribution >= 0.6 is 0 Å². The van der Waals surface area contributed by atoms with Gasteiger partial charge in [0.2, 0.25) is 0 Å². The fourth-order valence-electron chi connectivity index (χ4n) is 1.79. The molecule has 2 aromatic carbocycles. The number of carboxylic acid groups (broad SMARTS) is 1. The minimum atomic E-state index is -1.41. The number of hydrogen-bond acceptors (Lipinski definition) is 1. The molecule has 2 nitrogen and oxygen atoms in total. The van der Waals surface area contributed by atoms with E-state index in [1.54, 1.807) is 0 Å². The SMILES string of the molecule is Cc1cc(-c2cc(F)ccc2F)c(C(=O)O)cc1F. The first-order valence-electron chi connectivity index (χ1n) is 5.39. The normalized spacial score (nSPS) is 10.5. The molecule has 0 radical (unpaired) electrons. The maximum atomic E-state index is 13.7. The van der Waals surface area contributed by atoms with Crippen LogP contribution in [0.1, 0.15) is 15.9 Å². The highest BCUT2D eigenvalue weighted by molar-refractivity contribution is 5.96. The maximum Gasteiger partial charge on any atom is 0.336 e. The molecule has 0 heterocycles. The van der Waals surface area contributed by atoms with Gasteiger partial charge in [0.05, 0.1) is 5.56 Å². The molecule has 0 fully saturated rings. The quantitative estimate of drug-likeness (QED) is 0.898. The van der Waals surface area contributed by atoms with Crippen molar-refractivity contribution in [3.05, 3.63) is 58.9 Å². The molecule has 19 heavy (non-hydrogen) atoms. The lowest BCUT2D eigenvalue weighted by molar-refractivity contribution is 0.0697. The molecule has 0 saturated heterocycles. The van der Waals surface area contributed by atoms with Crippen LogP contribution in [0.15, 0.2) is 30.3 Å². The van der Waals surface area contributed by atoms with E-state index in [0.29, 0.717) is 0 Å². The van der Waals surface area contributed by atoms with Crippen molar-refractivity contribution in [1.82, 2.24) is 0 Å². The fourth-order valence-corrected chi connectivity index (χ4v) is 1.79. The number of hydrogen-bond donors (Lipinski definition) is 1. The lowest BCUT2D eigenvalue weighted by atomic mass is 9.96. The van der Waals surface area contributed by atoms with Gasteiger partial charge in [0.25, 0.3) is 0 Å². The van der Waals surface area contributed by atoms with E-state index in [4.69, 9.17) is 5.11 Å². The van der Waals surface area contributed by atoms with Crippen molar-refractivity contribution < 1.29 is 23.1 Å². The van der Waals surface area contributed by atoms with E-state index < -0.39 is 29.0 Å². The molecule has 2 rings (SSSR count). The van der Waals surface area contributed by atoms with Gasteiger partial charge in [0.1, 0.15) is 17.5 Å². The van der Waals surface area contributed by atoms with Gasteiger partial charge in [-0.2, -0.15) is 0 Å². The summed E-state index contributed by atoms with van der Waals surface area (Å²) in [5.41, 5.74) is -0.514. The van der Waals surface area contributed by atoms with E-state index >= 15 is 0 Å². The van der Waals surface area contributed by atoms with Crippen LogP contribution in [0.3, 0.4) is 0 Å². The van der Waals surface area contributed by atoms with Crippen LogP contribution in [-0.2, 0) is 0 Å². The largest absolute Gasteiger partial charge is 0.478 e. The molecule has 0 aromatic heterocycles. The second-order valence-electron chi connectivity index (χ2n) is 4.08. The van der Waals surface area contributed by atoms with Crippen molar-refractivity contribution in [2.75, 3.05) is 0 Å². The Morgan fingerprint density at radius 2 is 1.68 bits per heavy atom. The number of rotatable bonds is 2. The van der Waals surface area contributed by atoms with Gasteiger partial charge in [0, 0.05) is 5.56 Å². The van der Waals surface area contributed by atoms with Gasteiger partial charge in [-0.05, 0) is 48.4 Å². The Balaban J connectivity index is 2.77. The number of aromatic carboxylic acids is 1. The first-order chi connectivity index (χ1) is 8.90. The Labute approximate surface area is 107 Å². The molecule has 0 amide bonds. The van der Waals surface area contributed by atoms with Crippen LogP contribution in [0.2, 0.25) is 0 Å². The predicted molar refractivity (Wildman–Crippen MR) is 63.4 cm³/mol. The first-order valence-corrected chi connectivity index (χ1v) is 5.39. The summed E-state index contributed by atoms with van der Waals surface area (Å²) >= 11 is 0. The Kier molecular flexibility index (Phi) is 3.29. The summed E-state index contributed by atoms with van der Waals surface area (Å²) in [5, 5.41) is 9.02. The van der Waals surface area contributed by atoms with Crippen molar-refractivity contribution in [1.29, 1.82) is 0 Å². The molecule has 0 aliphatic rings. The van der Waals surface area contributed by atoms with Crippen LogP contribution in [-0.4, -0.2) is 11.1 Å². The van der Waals surface area contributed by atoms with Crippen molar-refractivity contribution >= 4 is 5.97 Å². The molecule has 1 N–H and O–H groups in total. The molecule has 0 bridgehead atoms. The van der Waals surface area contributed by atoms with E-state index in [9.17, 15) is 18.0 Å². The van der Waals surface area contributed by atoms with Gasteiger partial charge < -0.3 is 5.11 Å². The molecule has 98 valence electrons. The van der Waals surface area contributed by atoms with E-state index in [1.807, 2.05) is 0 Å².